The Hall–Kier alpha value is -1.56. The first-order valence-corrected chi connectivity index (χ1v) is 6.94. The van der Waals surface area contributed by atoms with Crippen LogP contribution in [0.4, 0.5) is 0 Å². The molecule has 0 aliphatic carbocycles. The van der Waals surface area contributed by atoms with E-state index >= 15 is 0 Å². The summed E-state index contributed by atoms with van der Waals surface area (Å²) in [7, 11) is 0. The summed E-state index contributed by atoms with van der Waals surface area (Å²) >= 11 is 0. The van der Waals surface area contributed by atoms with E-state index in [1.54, 1.807) is 0 Å². The zero-order valence-corrected chi connectivity index (χ0v) is 12.2. The van der Waals surface area contributed by atoms with E-state index in [0.29, 0.717) is 0 Å². The molecule has 0 aromatic heterocycles. The Morgan fingerprint density at radius 2 is 0.640 bits per heavy atom. The standard InChI is InChI=1S/2C8H10.C2H6.7CH4/c2*1-2-8-6-4-3-5-7-8;1-2;;;;;;;/h2*3-7H,2H2,1H3;1-2H3;7*1H4. The van der Waals surface area contributed by atoms with Crippen molar-refractivity contribution in [3.8, 4) is 0 Å². The number of hydrogen-bond acceptors (Lipinski definition) is 0. The van der Waals surface area contributed by atoms with Crippen LogP contribution >= 0.6 is 0 Å². The molecule has 0 aliphatic rings. The Balaban J connectivity index is -0.0000000279. The molecular formula is C25H54. The highest BCUT2D eigenvalue weighted by Gasteiger charge is 1.80. The third-order valence-corrected chi connectivity index (χ3v) is 2.50. The van der Waals surface area contributed by atoms with Crippen LogP contribution in [0.3, 0.4) is 0 Å². The van der Waals surface area contributed by atoms with Gasteiger partial charge in [0.2, 0.25) is 0 Å². The Morgan fingerprint density at radius 3 is 0.760 bits per heavy atom. The van der Waals surface area contributed by atoms with Crippen LogP contribution in [-0.4, -0.2) is 0 Å². The predicted molar refractivity (Wildman–Crippen MR) is 130 cm³/mol. The van der Waals surface area contributed by atoms with Crippen molar-refractivity contribution in [3.63, 3.8) is 0 Å². The molecule has 0 atom stereocenters. The van der Waals surface area contributed by atoms with E-state index in [4.69, 9.17) is 0 Å². The molecule has 154 valence electrons. The molecule has 25 heavy (non-hydrogen) atoms. The largest absolute Gasteiger partial charge is 0.0776 e. The third kappa shape index (κ3) is 27.6. The predicted octanol–water partition coefficient (Wildman–Crippen LogP) is 9.98. The van der Waals surface area contributed by atoms with Gasteiger partial charge in [-0.2, -0.15) is 0 Å². The fourth-order valence-corrected chi connectivity index (χ4v) is 1.43. The minimum atomic E-state index is 0. The second kappa shape index (κ2) is 38.2. The first kappa shape index (κ1) is 49.5. The molecule has 2 rings (SSSR count). The molecule has 0 saturated heterocycles. The van der Waals surface area contributed by atoms with Crippen molar-refractivity contribution in [1.29, 1.82) is 0 Å². The lowest BCUT2D eigenvalue weighted by Crippen LogP contribution is -1.73. The Morgan fingerprint density at radius 1 is 0.440 bits per heavy atom. The van der Waals surface area contributed by atoms with E-state index in [1.165, 1.54) is 11.1 Å². The topological polar surface area (TPSA) is 0 Å². The lowest BCUT2D eigenvalue weighted by molar-refractivity contribution is 1.14. The summed E-state index contributed by atoms with van der Waals surface area (Å²) in [5, 5.41) is 0. The van der Waals surface area contributed by atoms with E-state index in [-0.39, 0.29) is 52.0 Å². The van der Waals surface area contributed by atoms with Crippen LogP contribution in [0.25, 0.3) is 0 Å². The van der Waals surface area contributed by atoms with Crippen LogP contribution in [0, 0.1) is 0 Å². The molecule has 0 saturated carbocycles. The maximum Gasteiger partial charge on any atom is -0.0307 e. The van der Waals surface area contributed by atoms with E-state index in [1.807, 2.05) is 26.0 Å². The van der Waals surface area contributed by atoms with Crippen LogP contribution in [0.5, 0.6) is 0 Å². The number of hydrogen-bond donors (Lipinski definition) is 0. The third-order valence-electron chi connectivity index (χ3n) is 2.50. The fraction of sp³-hybridized carbons (Fsp3) is 0.520. The molecule has 0 bridgehead atoms. The van der Waals surface area contributed by atoms with Crippen LogP contribution < -0.4 is 0 Å². The van der Waals surface area contributed by atoms with E-state index in [2.05, 4.69) is 62.4 Å². The summed E-state index contributed by atoms with van der Waals surface area (Å²) in [6.45, 7) is 8.32. The van der Waals surface area contributed by atoms with Gasteiger partial charge >= 0.3 is 0 Å². The fourth-order valence-electron chi connectivity index (χ4n) is 1.43. The van der Waals surface area contributed by atoms with Crippen molar-refractivity contribution in [2.24, 2.45) is 0 Å². The number of benzene rings is 2. The molecule has 0 unspecified atom stereocenters. The zero-order chi connectivity index (χ0) is 13.6. The van der Waals surface area contributed by atoms with Crippen LogP contribution in [0.2, 0.25) is 0 Å². The Labute approximate surface area is 164 Å². The molecule has 2 aromatic carbocycles. The molecule has 0 radical (unpaired) electrons. The monoisotopic (exact) mass is 354 g/mol. The van der Waals surface area contributed by atoms with Crippen LogP contribution in [0.15, 0.2) is 60.7 Å². The van der Waals surface area contributed by atoms with Crippen molar-refractivity contribution >= 4 is 0 Å². The molecule has 0 amide bonds. The number of aryl methyl sites for hydroxylation is 2. The van der Waals surface area contributed by atoms with Crippen LogP contribution in [0.1, 0.15) is 90.8 Å². The van der Waals surface area contributed by atoms with Crippen molar-refractivity contribution in [1.82, 2.24) is 0 Å². The average Bonchev–Trinajstić information content (AvgIpc) is 2.51. The average molecular weight is 355 g/mol. The summed E-state index contributed by atoms with van der Waals surface area (Å²) < 4.78 is 0. The lowest BCUT2D eigenvalue weighted by atomic mass is 10.2. The summed E-state index contributed by atoms with van der Waals surface area (Å²) in [6, 6.07) is 20.9. The Kier molecular flexibility index (Phi) is 75.6. The van der Waals surface area contributed by atoms with Crippen molar-refractivity contribution < 1.29 is 0 Å². The SMILES string of the molecule is C.C.C.C.C.C.C.CC.CCc1ccccc1.CCc1ccccc1. The first-order chi connectivity index (χ1) is 8.86. The quantitative estimate of drug-likeness (QED) is 0.503. The van der Waals surface area contributed by atoms with Gasteiger partial charge in [0, 0.05) is 0 Å². The van der Waals surface area contributed by atoms with Gasteiger partial charge in [-0.3, -0.25) is 0 Å². The van der Waals surface area contributed by atoms with E-state index in [9.17, 15) is 0 Å². The normalized spacial score (nSPS) is 6.08. The molecular weight excluding hydrogens is 300 g/mol. The molecule has 0 heteroatoms. The van der Waals surface area contributed by atoms with E-state index < -0.39 is 0 Å². The maximum absolute atomic E-state index is 2.16. The molecule has 0 fully saturated rings. The molecule has 0 aliphatic heterocycles. The Bertz CT molecular complexity index is 322. The molecule has 0 spiro atoms. The van der Waals surface area contributed by atoms with Crippen molar-refractivity contribution in [3.05, 3.63) is 71.8 Å². The molecule has 0 heterocycles. The van der Waals surface area contributed by atoms with Gasteiger partial charge in [-0.25, -0.2) is 0 Å². The highest BCUT2D eigenvalue weighted by atomic mass is 13.9. The van der Waals surface area contributed by atoms with Gasteiger partial charge in [0.15, 0.2) is 0 Å². The van der Waals surface area contributed by atoms with E-state index in [0.717, 1.165) is 12.8 Å². The summed E-state index contributed by atoms with van der Waals surface area (Å²) in [6.07, 6.45) is 2.28. The second-order valence-corrected chi connectivity index (χ2v) is 3.68. The smallest absolute Gasteiger partial charge is 0.0307 e. The van der Waals surface area contributed by atoms with Gasteiger partial charge in [-0.15, -0.1) is 0 Å². The summed E-state index contributed by atoms with van der Waals surface area (Å²) in [5.41, 5.74) is 2.82. The minimum Gasteiger partial charge on any atom is -0.0776 e. The highest BCUT2D eigenvalue weighted by Crippen LogP contribution is 1.97. The van der Waals surface area contributed by atoms with Gasteiger partial charge in [0.05, 0.1) is 0 Å². The van der Waals surface area contributed by atoms with Gasteiger partial charge in [0.1, 0.15) is 0 Å². The van der Waals surface area contributed by atoms with Crippen LogP contribution in [-0.2, 0) is 12.8 Å². The molecule has 0 nitrogen and oxygen atoms in total. The summed E-state index contributed by atoms with van der Waals surface area (Å²) in [4.78, 5) is 0. The van der Waals surface area contributed by atoms with Gasteiger partial charge < -0.3 is 0 Å². The highest BCUT2D eigenvalue weighted by molar-refractivity contribution is 5.14. The molecule has 2 aromatic rings. The second-order valence-electron chi connectivity index (χ2n) is 3.68. The van der Waals surface area contributed by atoms with Gasteiger partial charge in [0.25, 0.3) is 0 Å². The maximum atomic E-state index is 2.16. The first-order valence-electron chi connectivity index (χ1n) is 6.94. The van der Waals surface area contributed by atoms with Gasteiger partial charge in [-0.05, 0) is 24.0 Å². The van der Waals surface area contributed by atoms with Crippen molar-refractivity contribution in [2.45, 2.75) is 92.5 Å². The molecule has 0 N–H and O–H groups in total. The number of rotatable bonds is 2. The lowest BCUT2D eigenvalue weighted by Gasteiger charge is -1.89. The van der Waals surface area contributed by atoms with Crippen molar-refractivity contribution in [2.75, 3.05) is 0 Å². The zero-order valence-electron chi connectivity index (χ0n) is 12.2. The summed E-state index contributed by atoms with van der Waals surface area (Å²) in [5.74, 6) is 0. The minimum absolute atomic E-state index is 0. The van der Waals surface area contributed by atoms with Gasteiger partial charge in [-0.1, -0.05) is 140 Å².